The van der Waals surface area contributed by atoms with E-state index in [4.69, 9.17) is 13.5 Å². The Morgan fingerprint density at radius 2 is 1.52 bits per heavy atom. The van der Waals surface area contributed by atoms with E-state index >= 15 is 0 Å². The van der Waals surface area contributed by atoms with Gasteiger partial charge in [-0.05, 0) is 29.7 Å². The van der Waals surface area contributed by atoms with Crippen molar-refractivity contribution >= 4 is 61.4 Å². The number of para-hydroxylation sites is 3. The van der Waals surface area contributed by atoms with Crippen molar-refractivity contribution in [2.45, 2.75) is 24.1 Å². The summed E-state index contributed by atoms with van der Waals surface area (Å²) in [5.41, 5.74) is 7.60. The van der Waals surface area contributed by atoms with Gasteiger partial charge in [-0.3, -0.25) is 4.98 Å². The smallest absolute Gasteiger partial charge is 0.120 e. The molecule has 0 amide bonds. The van der Waals surface area contributed by atoms with Crippen molar-refractivity contribution in [2.75, 3.05) is 0 Å². The van der Waals surface area contributed by atoms with Gasteiger partial charge >= 0.3 is 110 Å². The number of imidazole rings is 1. The zero-order valence-electron chi connectivity index (χ0n) is 30.9. The van der Waals surface area contributed by atoms with Crippen LogP contribution in [0.3, 0.4) is 0 Å². The third-order valence-electron chi connectivity index (χ3n) is 8.85. The first-order chi connectivity index (χ1) is 25.1. The van der Waals surface area contributed by atoms with Crippen LogP contribution in [-0.2, 0) is 20.1 Å². The van der Waals surface area contributed by atoms with Crippen LogP contribution in [0, 0.1) is 19.0 Å². The second-order valence-corrected chi connectivity index (χ2v) is 23.8. The molecule has 0 aliphatic carbocycles. The number of rotatable bonds is 4. The van der Waals surface area contributed by atoms with E-state index in [0.29, 0.717) is 5.56 Å². The van der Waals surface area contributed by atoms with Gasteiger partial charge in [0.15, 0.2) is 0 Å². The summed E-state index contributed by atoms with van der Waals surface area (Å²) in [6.07, 6.45) is 1.95. The van der Waals surface area contributed by atoms with E-state index in [0.717, 1.165) is 61.3 Å². The fourth-order valence-electron chi connectivity index (χ4n) is 6.28. The van der Waals surface area contributed by atoms with Gasteiger partial charge in [-0.25, -0.2) is 0 Å². The normalized spacial score (nSPS) is 12.6. The largest absolute Gasteiger partial charge is 0.501 e. The fourth-order valence-corrected chi connectivity index (χ4v) is 8.45. The summed E-state index contributed by atoms with van der Waals surface area (Å²) in [4.78, 5) is 9.54. The first kappa shape index (κ1) is 30.1. The van der Waals surface area contributed by atoms with E-state index in [1.165, 1.54) is 21.2 Å². The molecule has 247 valence electrons. The number of hydrogen-bond donors (Lipinski definition) is 0. The molecule has 0 bridgehead atoms. The Balaban J connectivity index is 0.000000180. The van der Waals surface area contributed by atoms with Crippen LogP contribution in [0.25, 0.3) is 72.1 Å². The molecule has 0 unspecified atom stereocenters. The molecule has 6 aromatic carbocycles. The van der Waals surface area contributed by atoms with Crippen LogP contribution in [0.4, 0.5) is 0 Å². The van der Waals surface area contributed by atoms with Crippen LogP contribution in [0.15, 0.2) is 144 Å². The molecular weight excluding hydrogens is 851 g/mol. The number of benzene rings is 6. The Bertz CT molecular complexity index is 2650. The predicted molar refractivity (Wildman–Crippen MR) is 206 cm³/mol. The second-order valence-electron chi connectivity index (χ2n) is 13.1. The van der Waals surface area contributed by atoms with Crippen LogP contribution >= 0.6 is 0 Å². The molecule has 0 saturated carbocycles. The predicted octanol–water partition coefficient (Wildman–Crippen LogP) is 10.9. The Morgan fingerprint density at radius 1 is 0.740 bits per heavy atom. The maximum atomic E-state index is 7.35. The summed E-state index contributed by atoms with van der Waals surface area (Å²) in [6, 6.07) is 50.8. The maximum absolute atomic E-state index is 7.35. The number of nitrogens with zero attached hydrogens (tertiary/aromatic N) is 3. The molecule has 0 N–H and O–H groups in total. The van der Waals surface area contributed by atoms with Gasteiger partial charge in [-0.2, -0.15) is 0 Å². The molecule has 6 heteroatoms. The summed E-state index contributed by atoms with van der Waals surface area (Å²) >= 11 is -1.83. The van der Waals surface area contributed by atoms with E-state index in [2.05, 4.69) is 118 Å². The summed E-state index contributed by atoms with van der Waals surface area (Å²) in [7, 11) is 0. The minimum absolute atomic E-state index is 0. The van der Waals surface area contributed by atoms with Crippen molar-refractivity contribution in [3.63, 3.8) is 0 Å². The number of pyridine rings is 1. The zero-order chi connectivity index (χ0) is 36.0. The zero-order valence-corrected chi connectivity index (χ0v) is 32.4. The topological polar surface area (TPSA) is 43.9 Å². The van der Waals surface area contributed by atoms with E-state index in [1.807, 2.05) is 42.6 Å². The molecule has 9 aromatic rings. The summed E-state index contributed by atoms with van der Waals surface area (Å²) in [6.45, 7) is -2.08. The fraction of sp³-hybridized carbons (Fsp3) is 0.0909. The average molecular weight is 890 g/mol. The van der Waals surface area contributed by atoms with E-state index in [1.54, 1.807) is 12.1 Å². The molecule has 4 nitrogen and oxygen atoms in total. The first-order valence-corrected chi connectivity index (χ1v) is 23.7. The minimum atomic E-state index is -2.08. The molecule has 3 aromatic heterocycles. The molecule has 1 radical (unpaired) electrons. The van der Waals surface area contributed by atoms with Gasteiger partial charge in [0.1, 0.15) is 5.58 Å². The number of furan rings is 1. The molecule has 9 rings (SSSR count). The van der Waals surface area contributed by atoms with Crippen molar-refractivity contribution in [2.24, 2.45) is 0 Å². The second kappa shape index (κ2) is 13.8. The number of aromatic nitrogens is 3. The van der Waals surface area contributed by atoms with Crippen LogP contribution in [-0.4, -0.2) is 27.8 Å². The van der Waals surface area contributed by atoms with E-state index in [-0.39, 0.29) is 20.1 Å². The Hall–Kier alpha value is -4.81. The van der Waals surface area contributed by atoms with Crippen molar-refractivity contribution < 1.29 is 28.6 Å². The quantitative estimate of drug-likeness (QED) is 0.131. The monoisotopic (exact) mass is 891 g/mol. The van der Waals surface area contributed by atoms with Crippen molar-refractivity contribution in [1.29, 1.82) is 0 Å². The van der Waals surface area contributed by atoms with E-state index < -0.39 is 20.1 Å². The van der Waals surface area contributed by atoms with Gasteiger partial charge < -0.3 is 8.98 Å². The maximum Gasteiger partial charge on any atom is 0.120 e. The van der Waals surface area contributed by atoms with Crippen LogP contribution in [0.1, 0.15) is 9.68 Å². The van der Waals surface area contributed by atoms with Gasteiger partial charge in [-0.15, -0.1) is 18.2 Å². The molecule has 50 heavy (non-hydrogen) atoms. The van der Waals surface area contributed by atoms with Gasteiger partial charge in [0, 0.05) is 36.6 Å². The molecule has 0 fully saturated rings. The SMILES string of the molecule is [2H]C([2H])([2H])c1c[c-]c(-c2cc[c]([Ge]([CH3])([CH3])[CH3])cn2)cc1.[Ir].[c-]1ccc2c(oc3ccccc32)c1-c1nc2ccccc2n1-c1cccc2ccccc12. The molecule has 0 spiro atoms. The standard InChI is InChI=1S/C29H17N2O.C15H18GeN.Ir/c1-2-11-20-19(9-1)10-7-17-25(20)31-26-16-5-4-15-24(26)30-29(31)23-14-8-13-22-21-12-3-6-18-27(21)32-28(22)23;1-12-5-7-13(8-6-12)15-10-9-14(11-17-15)16(2,3)4;/h1-13,15-18H;5-7,9-11H,1-4H3;/q2*-1;/i;1D3;. The van der Waals surface area contributed by atoms with Crippen molar-refractivity contribution in [3.8, 4) is 28.3 Å². The Labute approximate surface area is 312 Å². The number of hydrogen-bond acceptors (Lipinski definition) is 3. The summed E-state index contributed by atoms with van der Waals surface area (Å²) in [5.74, 6) is 7.81. The molecule has 0 saturated heterocycles. The average Bonchev–Trinajstić information content (AvgIpc) is 3.73. The van der Waals surface area contributed by atoms with Crippen molar-refractivity contribution in [3.05, 3.63) is 157 Å². The molecule has 3 heterocycles. The molecule has 0 atom stereocenters. The number of aryl methyl sites for hydroxylation is 1. The minimum Gasteiger partial charge on any atom is -0.501 e. The molecule has 0 aliphatic heterocycles. The Kier molecular flexibility index (Phi) is 8.32. The van der Waals surface area contributed by atoms with Crippen LogP contribution < -0.4 is 4.40 Å². The third kappa shape index (κ3) is 6.33. The third-order valence-corrected chi connectivity index (χ3v) is 13.1. The van der Waals surface area contributed by atoms with Crippen LogP contribution in [0.5, 0.6) is 0 Å². The molecule has 0 aliphatic rings. The van der Waals surface area contributed by atoms with E-state index in [9.17, 15) is 0 Å². The molecular formula is C44H35GeIrN3O-2. The van der Waals surface area contributed by atoms with Gasteiger partial charge in [0.2, 0.25) is 0 Å². The summed E-state index contributed by atoms with van der Waals surface area (Å²) in [5, 5.41) is 4.55. The van der Waals surface area contributed by atoms with Gasteiger partial charge in [0.05, 0.1) is 22.4 Å². The van der Waals surface area contributed by atoms with Gasteiger partial charge in [-0.1, -0.05) is 77.7 Å². The van der Waals surface area contributed by atoms with Gasteiger partial charge in [0.25, 0.3) is 0 Å². The first-order valence-electron chi connectivity index (χ1n) is 17.8. The van der Waals surface area contributed by atoms with Crippen LogP contribution in [0.2, 0.25) is 17.3 Å². The Morgan fingerprint density at radius 3 is 2.30 bits per heavy atom. The summed E-state index contributed by atoms with van der Waals surface area (Å²) < 4.78 is 32.0. The van der Waals surface area contributed by atoms with Crippen molar-refractivity contribution in [1.82, 2.24) is 14.5 Å². The number of fused-ring (bicyclic) bond motifs is 5.